The van der Waals surface area contributed by atoms with E-state index in [2.05, 4.69) is 9.99 Å². The molecule has 0 aromatic heterocycles. The third-order valence-electron chi connectivity index (χ3n) is 2.67. The quantitative estimate of drug-likeness (QED) is 0.228. The van der Waals surface area contributed by atoms with Crippen LogP contribution in [0, 0.1) is 13.8 Å². The summed E-state index contributed by atoms with van der Waals surface area (Å²) in [4.78, 5) is 4.59. The van der Waals surface area contributed by atoms with Gasteiger partial charge in [0.2, 0.25) is 0 Å². The van der Waals surface area contributed by atoms with Gasteiger partial charge in [-0.25, -0.2) is 0 Å². The molecule has 0 unspecified atom stereocenters. The summed E-state index contributed by atoms with van der Waals surface area (Å²) in [6.45, 7) is 6.62. The van der Waals surface area contributed by atoms with Gasteiger partial charge in [0.25, 0.3) is 0 Å². The van der Waals surface area contributed by atoms with Crippen LogP contribution < -0.4 is 9.47 Å². The van der Waals surface area contributed by atoms with Crippen molar-refractivity contribution >= 4 is 18.0 Å². The molecular formula is C16H23NO3S. The highest BCUT2D eigenvalue weighted by Gasteiger charge is 2.07. The van der Waals surface area contributed by atoms with Gasteiger partial charge in [0.1, 0.15) is 31.2 Å². The first-order valence-corrected chi connectivity index (χ1v) is 7.95. The monoisotopic (exact) mass is 309 g/mol. The van der Waals surface area contributed by atoms with Gasteiger partial charge in [-0.3, -0.25) is 0 Å². The Kier molecular flexibility index (Phi) is 8.43. The van der Waals surface area contributed by atoms with Crippen molar-refractivity contribution in [2.75, 3.05) is 25.4 Å². The Labute approximate surface area is 131 Å². The van der Waals surface area contributed by atoms with E-state index in [9.17, 15) is 0 Å². The van der Waals surface area contributed by atoms with Gasteiger partial charge in [-0.1, -0.05) is 17.3 Å². The minimum atomic E-state index is 0.580. The number of benzene rings is 1. The molecule has 0 atom stereocenters. The minimum Gasteiger partial charge on any atom is -0.490 e. The van der Waals surface area contributed by atoms with E-state index in [-0.39, 0.29) is 0 Å². The van der Waals surface area contributed by atoms with E-state index in [1.807, 2.05) is 45.1 Å². The molecule has 0 fully saturated rings. The average molecular weight is 309 g/mol. The number of thioether (sulfide) groups is 1. The second kappa shape index (κ2) is 10.2. The molecule has 0 spiro atoms. The normalized spacial score (nSPS) is 11.2. The van der Waals surface area contributed by atoms with Crippen LogP contribution in [-0.4, -0.2) is 31.6 Å². The van der Waals surface area contributed by atoms with Crippen molar-refractivity contribution in [3.8, 4) is 11.5 Å². The van der Waals surface area contributed by atoms with E-state index < -0.39 is 0 Å². The molecule has 1 aromatic rings. The fraction of sp³-hybridized carbons (Fsp3) is 0.438. The van der Waals surface area contributed by atoms with Crippen molar-refractivity contribution in [1.29, 1.82) is 0 Å². The molecule has 4 nitrogen and oxygen atoms in total. The number of ether oxygens (including phenoxy) is 2. The smallest absolute Gasteiger partial charge is 0.134 e. The van der Waals surface area contributed by atoms with E-state index in [0.29, 0.717) is 12.5 Å². The molecule has 0 aliphatic rings. The molecule has 1 aromatic carbocycles. The molecule has 0 amide bonds. The Morgan fingerprint density at radius 1 is 1.19 bits per heavy atom. The van der Waals surface area contributed by atoms with Crippen molar-refractivity contribution in [1.82, 2.24) is 0 Å². The SMILES string of the molecule is C/C=C/COc1cc(C)c(OCSCC=NOC)c(C)c1. The molecule has 0 N–H and O–H groups in total. The van der Waals surface area contributed by atoms with Crippen molar-refractivity contribution in [2.24, 2.45) is 5.16 Å². The fourth-order valence-electron chi connectivity index (χ4n) is 1.77. The molecule has 1 rings (SSSR count). The van der Waals surface area contributed by atoms with Crippen LogP contribution in [-0.2, 0) is 4.84 Å². The van der Waals surface area contributed by atoms with Gasteiger partial charge in [-0.2, -0.15) is 0 Å². The van der Waals surface area contributed by atoms with Crippen LogP contribution >= 0.6 is 11.8 Å². The van der Waals surface area contributed by atoms with Crippen LogP contribution in [0.15, 0.2) is 29.4 Å². The van der Waals surface area contributed by atoms with Crippen LogP contribution in [0.25, 0.3) is 0 Å². The summed E-state index contributed by atoms with van der Waals surface area (Å²) in [6.07, 6.45) is 5.67. The van der Waals surface area contributed by atoms with E-state index >= 15 is 0 Å². The number of hydrogen-bond donors (Lipinski definition) is 0. The number of rotatable bonds is 9. The first kappa shape index (κ1) is 17.4. The summed E-state index contributed by atoms with van der Waals surface area (Å²) < 4.78 is 11.5. The molecule has 5 heteroatoms. The van der Waals surface area contributed by atoms with Crippen molar-refractivity contribution in [3.05, 3.63) is 35.4 Å². The lowest BCUT2D eigenvalue weighted by molar-refractivity contribution is 0.215. The molecule has 0 heterocycles. The average Bonchev–Trinajstić information content (AvgIpc) is 2.45. The molecule has 0 saturated heterocycles. The van der Waals surface area contributed by atoms with Gasteiger partial charge in [0, 0.05) is 5.75 Å². The van der Waals surface area contributed by atoms with E-state index in [0.717, 1.165) is 28.4 Å². The number of aryl methyl sites for hydroxylation is 2. The zero-order valence-corrected chi connectivity index (χ0v) is 13.9. The lowest BCUT2D eigenvalue weighted by Gasteiger charge is -2.13. The summed E-state index contributed by atoms with van der Waals surface area (Å²) in [5.74, 6) is 3.13. The van der Waals surface area contributed by atoms with Gasteiger partial charge in [-0.05, 0) is 44.0 Å². The first-order chi connectivity index (χ1) is 10.2. The summed E-state index contributed by atoms with van der Waals surface area (Å²) in [5.41, 5.74) is 2.16. The number of nitrogens with zero attached hydrogens (tertiary/aromatic N) is 1. The third kappa shape index (κ3) is 6.58. The molecule has 0 aliphatic heterocycles. The number of hydrogen-bond acceptors (Lipinski definition) is 5. The predicted octanol–water partition coefficient (Wildman–Crippen LogP) is 3.96. The van der Waals surface area contributed by atoms with Crippen LogP contribution in [0.2, 0.25) is 0 Å². The zero-order valence-electron chi connectivity index (χ0n) is 13.1. The summed E-state index contributed by atoms with van der Waals surface area (Å²) in [6, 6.07) is 4.01. The largest absolute Gasteiger partial charge is 0.490 e. The molecule has 21 heavy (non-hydrogen) atoms. The summed E-state index contributed by atoms with van der Waals surface area (Å²) in [7, 11) is 1.53. The Hall–Kier alpha value is -1.62. The van der Waals surface area contributed by atoms with E-state index in [1.54, 1.807) is 18.0 Å². The Balaban J connectivity index is 2.53. The lowest BCUT2D eigenvalue weighted by atomic mass is 10.1. The minimum absolute atomic E-state index is 0.580. The Morgan fingerprint density at radius 3 is 2.52 bits per heavy atom. The van der Waals surface area contributed by atoms with Crippen molar-refractivity contribution < 1.29 is 14.3 Å². The van der Waals surface area contributed by atoms with Crippen molar-refractivity contribution in [3.63, 3.8) is 0 Å². The molecule has 0 radical (unpaired) electrons. The maximum Gasteiger partial charge on any atom is 0.134 e. The highest BCUT2D eigenvalue weighted by Crippen LogP contribution is 2.29. The van der Waals surface area contributed by atoms with E-state index in [4.69, 9.17) is 9.47 Å². The molecule has 0 aliphatic carbocycles. The van der Waals surface area contributed by atoms with Crippen LogP contribution in [0.5, 0.6) is 11.5 Å². The molecular weight excluding hydrogens is 286 g/mol. The van der Waals surface area contributed by atoms with Crippen LogP contribution in [0.1, 0.15) is 18.1 Å². The number of oxime groups is 1. The number of allylic oxidation sites excluding steroid dienone is 1. The first-order valence-electron chi connectivity index (χ1n) is 6.79. The van der Waals surface area contributed by atoms with Gasteiger partial charge in [-0.15, -0.1) is 11.8 Å². The maximum absolute atomic E-state index is 5.82. The molecule has 0 saturated carbocycles. The van der Waals surface area contributed by atoms with Gasteiger partial charge in [0.15, 0.2) is 0 Å². The van der Waals surface area contributed by atoms with Gasteiger partial charge >= 0.3 is 0 Å². The van der Waals surface area contributed by atoms with E-state index in [1.165, 1.54) is 7.11 Å². The second-order valence-corrected chi connectivity index (χ2v) is 5.35. The maximum atomic E-state index is 5.82. The summed E-state index contributed by atoms with van der Waals surface area (Å²) >= 11 is 1.63. The van der Waals surface area contributed by atoms with Gasteiger partial charge in [0.05, 0.1) is 6.21 Å². The lowest BCUT2D eigenvalue weighted by Crippen LogP contribution is -2.00. The summed E-state index contributed by atoms with van der Waals surface area (Å²) in [5, 5.41) is 3.68. The van der Waals surface area contributed by atoms with Crippen molar-refractivity contribution in [2.45, 2.75) is 20.8 Å². The fourth-order valence-corrected chi connectivity index (χ4v) is 2.23. The second-order valence-electron chi connectivity index (χ2n) is 4.37. The Bertz CT molecular complexity index is 463. The van der Waals surface area contributed by atoms with Crippen LogP contribution in [0.3, 0.4) is 0 Å². The van der Waals surface area contributed by atoms with Gasteiger partial charge < -0.3 is 14.3 Å². The standard InChI is InChI=1S/C16H23NO3S/c1-5-6-8-19-15-10-13(2)16(14(3)11-15)20-12-21-9-7-17-18-4/h5-7,10-11H,8-9,12H2,1-4H3/b6-5+,17-7?. The highest BCUT2D eigenvalue weighted by atomic mass is 32.2. The third-order valence-corrected chi connectivity index (χ3v) is 3.34. The predicted molar refractivity (Wildman–Crippen MR) is 89.7 cm³/mol. The Morgan fingerprint density at radius 2 is 1.90 bits per heavy atom. The highest BCUT2D eigenvalue weighted by molar-refractivity contribution is 7.99. The molecule has 116 valence electrons. The zero-order chi connectivity index (χ0) is 15.5. The molecule has 0 bridgehead atoms. The topological polar surface area (TPSA) is 40.0 Å². The van der Waals surface area contributed by atoms with Crippen LogP contribution in [0.4, 0.5) is 0 Å².